The zero-order valence-corrected chi connectivity index (χ0v) is 47.5. The zero-order chi connectivity index (χ0) is 53.6. The van der Waals surface area contributed by atoms with Crippen molar-refractivity contribution in [1.29, 1.82) is 0 Å². The maximum atomic E-state index is 12.5. The van der Waals surface area contributed by atoms with E-state index in [0.29, 0.717) is 39.3 Å². The third-order valence-electron chi connectivity index (χ3n) is 12.6. The number of hydrogen-bond donors (Lipinski definition) is 1. The second-order valence-corrected chi connectivity index (χ2v) is 19.5. The van der Waals surface area contributed by atoms with Crippen LogP contribution in [0.3, 0.4) is 0 Å². The molecule has 1 fully saturated rings. The predicted octanol–water partition coefficient (Wildman–Crippen LogP) is 14.5. The maximum Gasteiger partial charge on any atom is 0.306 e. The molecular weight excluding hydrogens is 889 g/mol. The minimum atomic E-state index is -0.308. The number of Topliss-reactive ketones (excluding diaryl/α,β-unsaturated/α-hetero) is 1. The van der Waals surface area contributed by atoms with E-state index in [1.165, 1.54) is 96.8 Å². The Morgan fingerprint density at radius 1 is 0.557 bits per heavy atom. The summed E-state index contributed by atoms with van der Waals surface area (Å²) in [4.78, 5) is 68.9. The van der Waals surface area contributed by atoms with Crippen LogP contribution < -0.4 is 0 Å². The van der Waals surface area contributed by atoms with Gasteiger partial charge < -0.3 is 33.6 Å². The second kappa shape index (κ2) is 57.0. The van der Waals surface area contributed by atoms with Crippen LogP contribution in [0.25, 0.3) is 0 Å². The lowest BCUT2D eigenvalue weighted by atomic mass is 9.78. The van der Waals surface area contributed by atoms with Crippen LogP contribution in [0.5, 0.6) is 0 Å². The highest BCUT2D eigenvalue weighted by Crippen LogP contribution is 2.31. The van der Waals surface area contributed by atoms with Crippen molar-refractivity contribution in [3.05, 3.63) is 0 Å². The molecule has 12 nitrogen and oxygen atoms in total. The van der Waals surface area contributed by atoms with Gasteiger partial charge in [0.05, 0.1) is 25.9 Å². The molecule has 12 heteroatoms. The molecular formula is C58H112O12. The van der Waals surface area contributed by atoms with Gasteiger partial charge in [-0.3, -0.25) is 24.0 Å². The number of esters is 4. The summed E-state index contributed by atoms with van der Waals surface area (Å²) < 4.78 is 25.7. The Morgan fingerprint density at radius 2 is 0.986 bits per heavy atom. The van der Waals surface area contributed by atoms with E-state index in [4.69, 9.17) is 28.8 Å². The first-order chi connectivity index (χ1) is 33.7. The number of methoxy groups -OCH3 is 1. The fourth-order valence-corrected chi connectivity index (χ4v) is 7.71. The molecule has 1 N–H and O–H groups in total. The summed E-state index contributed by atoms with van der Waals surface area (Å²) in [6.07, 6.45) is 30.8. The van der Waals surface area contributed by atoms with Gasteiger partial charge in [0, 0.05) is 59.2 Å². The lowest BCUT2D eigenvalue weighted by molar-refractivity contribution is -0.148. The highest BCUT2D eigenvalue weighted by molar-refractivity contribution is 5.83. The number of ketones is 1. The van der Waals surface area contributed by atoms with E-state index in [1.807, 2.05) is 6.92 Å². The lowest BCUT2D eigenvalue weighted by Crippen LogP contribution is -2.26. The minimum Gasteiger partial charge on any atom is -0.466 e. The monoisotopic (exact) mass is 1000 g/mol. The number of carbonyl (C=O) groups is 6. The van der Waals surface area contributed by atoms with E-state index < -0.39 is 0 Å². The first-order valence-electron chi connectivity index (χ1n) is 28.2. The molecule has 1 aliphatic rings. The van der Waals surface area contributed by atoms with Gasteiger partial charge >= 0.3 is 23.9 Å². The Hall–Kier alpha value is -2.86. The van der Waals surface area contributed by atoms with Gasteiger partial charge in [0.15, 0.2) is 0 Å². The molecule has 0 aromatic carbocycles. The van der Waals surface area contributed by atoms with Gasteiger partial charge in [-0.1, -0.05) is 184 Å². The van der Waals surface area contributed by atoms with Crippen LogP contribution in [0.15, 0.2) is 0 Å². The van der Waals surface area contributed by atoms with Crippen LogP contribution in [-0.2, 0) is 52.5 Å². The summed E-state index contributed by atoms with van der Waals surface area (Å²) in [5.41, 5.74) is 0. The highest BCUT2D eigenvalue weighted by Gasteiger charge is 2.29. The van der Waals surface area contributed by atoms with Gasteiger partial charge in [-0.2, -0.15) is 0 Å². The maximum absolute atomic E-state index is 12.5. The number of carbonyl (C=O) groups excluding carboxylic acids is 6. The Balaban J connectivity index is -0.000000472. The molecule has 1 rings (SSSR count). The van der Waals surface area contributed by atoms with Gasteiger partial charge in [-0.15, -0.1) is 0 Å². The van der Waals surface area contributed by atoms with E-state index >= 15 is 0 Å². The van der Waals surface area contributed by atoms with Crippen LogP contribution in [-0.4, -0.2) is 87.8 Å². The summed E-state index contributed by atoms with van der Waals surface area (Å²) in [7, 11) is 2.63. The van der Waals surface area contributed by atoms with E-state index in [1.54, 1.807) is 7.11 Å². The predicted molar refractivity (Wildman–Crippen MR) is 287 cm³/mol. The largest absolute Gasteiger partial charge is 0.466 e. The first kappa shape index (κ1) is 73.7. The lowest BCUT2D eigenvalue weighted by Gasteiger charge is -2.25. The molecule has 416 valence electrons. The first-order valence-corrected chi connectivity index (χ1v) is 28.2. The Kier molecular flexibility index (Phi) is 60.0. The van der Waals surface area contributed by atoms with Crippen molar-refractivity contribution >= 4 is 35.9 Å². The van der Waals surface area contributed by atoms with Gasteiger partial charge in [0.1, 0.15) is 18.7 Å². The Morgan fingerprint density at radius 3 is 1.34 bits per heavy atom. The molecule has 0 aliphatic heterocycles. The fourth-order valence-electron chi connectivity index (χ4n) is 7.71. The van der Waals surface area contributed by atoms with Crippen molar-refractivity contribution in [1.82, 2.24) is 0 Å². The molecule has 0 amide bonds. The number of unbranched alkanes of at least 4 members (excludes halogenated alkanes) is 14. The molecule has 0 heterocycles. The number of aliphatic hydroxyl groups excluding tert-OH is 1. The number of ether oxygens (including phenoxy) is 5. The molecule has 3 atom stereocenters. The van der Waals surface area contributed by atoms with E-state index in [9.17, 15) is 28.8 Å². The second-order valence-electron chi connectivity index (χ2n) is 19.5. The van der Waals surface area contributed by atoms with Crippen LogP contribution in [0.2, 0.25) is 0 Å². The van der Waals surface area contributed by atoms with Gasteiger partial charge in [-0.05, 0) is 62.2 Å². The van der Waals surface area contributed by atoms with E-state index in [0.717, 1.165) is 95.9 Å². The van der Waals surface area contributed by atoms with Crippen LogP contribution in [0.4, 0.5) is 0 Å². The molecule has 3 unspecified atom stereocenters. The van der Waals surface area contributed by atoms with E-state index in [2.05, 4.69) is 55.4 Å². The molecule has 0 spiro atoms. The SMILES string of the molecule is CCCC(COC(C)=O)OC.CCCCC(CC)C(C)C.CCCCCCCCOC(=O)CC(CC(=O)OCCCCCCCC)CC(=O)C1CCC1.CCCCCCOC(=O)CC(C)CC=O.CO. The molecule has 1 saturated carbocycles. The van der Waals surface area contributed by atoms with Crippen LogP contribution in [0, 0.1) is 29.6 Å². The van der Waals surface area contributed by atoms with Crippen molar-refractivity contribution < 1.29 is 57.6 Å². The normalized spacial score (nSPS) is 13.0. The van der Waals surface area contributed by atoms with Crippen LogP contribution >= 0.6 is 0 Å². The van der Waals surface area contributed by atoms with Crippen molar-refractivity contribution in [3.8, 4) is 0 Å². The standard InChI is InChI=1S/C27H48O5.C12H22O3.C10H22.C8H16O3.CH4O/c1-3-5-7-9-11-13-18-31-26(29)21-23(20-25(28)24-16-15-17-24)22-27(30)32-19-14-12-10-8-6-4-2;1-3-4-5-6-9-15-12(14)10-11(2)7-8-13;1-5-7-8-10(6-2)9(3)4;1-4-5-8(10-3)6-11-7(2)9;1-2/h23-24H,3-22H2,1-2H3;8,11H,3-7,9-10H2,1-2H3;9-10H,5-8H2,1-4H3;8H,4-6H2,1-3H3;2H,1H3. The molecule has 0 aromatic heterocycles. The summed E-state index contributed by atoms with van der Waals surface area (Å²) in [6.45, 7) is 22.9. The number of rotatable bonds is 40. The summed E-state index contributed by atoms with van der Waals surface area (Å²) >= 11 is 0. The third kappa shape index (κ3) is 53.0. The summed E-state index contributed by atoms with van der Waals surface area (Å²) in [5, 5.41) is 7.00. The zero-order valence-electron chi connectivity index (χ0n) is 47.5. The smallest absolute Gasteiger partial charge is 0.306 e. The van der Waals surface area contributed by atoms with Gasteiger partial charge in [-0.25, -0.2) is 0 Å². The average Bonchev–Trinajstić information content (AvgIpc) is 3.30. The fraction of sp³-hybridized carbons (Fsp3) is 0.897. The number of aliphatic hydroxyl groups is 1. The number of hydrogen-bond acceptors (Lipinski definition) is 12. The third-order valence-corrected chi connectivity index (χ3v) is 12.6. The van der Waals surface area contributed by atoms with Crippen LogP contribution in [0.1, 0.15) is 262 Å². The molecule has 1 aliphatic carbocycles. The van der Waals surface area contributed by atoms with Crippen molar-refractivity contribution in [2.75, 3.05) is 40.6 Å². The highest BCUT2D eigenvalue weighted by atomic mass is 16.6. The molecule has 0 radical (unpaired) electrons. The quantitative estimate of drug-likeness (QED) is 0.0267. The minimum absolute atomic E-state index is 0.0592. The summed E-state index contributed by atoms with van der Waals surface area (Å²) in [6, 6.07) is 0. The molecule has 70 heavy (non-hydrogen) atoms. The van der Waals surface area contributed by atoms with Gasteiger partial charge in [0.2, 0.25) is 0 Å². The van der Waals surface area contributed by atoms with Crippen molar-refractivity contribution in [2.24, 2.45) is 29.6 Å². The van der Waals surface area contributed by atoms with E-state index in [-0.39, 0.29) is 72.8 Å². The topological polar surface area (TPSA) is 169 Å². The average molecular weight is 1000 g/mol. The summed E-state index contributed by atoms with van der Waals surface area (Å²) in [5.74, 6) is 0.940. The molecule has 0 bridgehead atoms. The molecule has 0 aromatic rings. The van der Waals surface area contributed by atoms with Gasteiger partial charge in [0.25, 0.3) is 0 Å². The van der Waals surface area contributed by atoms with Crippen molar-refractivity contribution in [2.45, 2.75) is 268 Å². The molecule has 0 saturated heterocycles. The Labute approximate surface area is 430 Å². The van der Waals surface area contributed by atoms with Crippen molar-refractivity contribution in [3.63, 3.8) is 0 Å². The number of aldehydes is 1. The Bertz CT molecular complexity index is 1150.